The molecular formula is C18H23BrN4O3. The van der Waals surface area contributed by atoms with Gasteiger partial charge in [-0.2, -0.15) is 0 Å². The zero-order chi connectivity index (χ0) is 18.7. The predicted molar refractivity (Wildman–Crippen MR) is 103 cm³/mol. The average molecular weight is 423 g/mol. The van der Waals surface area contributed by atoms with Gasteiger partial charge in [-0.1, -0.05) is 20.8 Å². The molecule has 0 bridgehead atoms. The molecule has 2 heterocycles. The van der Waals surface area contributed by atoms with E-state index in [0.717, 1.165) is 27.3 Å². The average Bonchev–Trinajstić information content (AvgIpc) is 3.23. The van der Waals surface area contributed by atoms with Crippen LogP contribution < -0.4 is 20.1 Å². The second-order valence-corrected chi connectivity index (χ2v) is 7.81. The molecule has 0 fully saturated rings. The normalized spacial score (nSPS) is 13.8. The van der Waals surface area contributed by atoms with Gasteiger partial charge in [-0.05, 0) is 33.6 Å². The van der Waals surface area contributed by atoms with Crippen LogP contribution in [0.1, 0.15) is 38.0 Å². The Morgan fingerprint density at radius 2 is 2.00 bits per heavy atom. The van der Waals surface area contributed by atoms with Gasteiger partial charge < -0.3 is 24.5 Å². The molecule has 2 aromatic rings. The van der Waals surface area contributed by atoms with Crippen LogP contribution in [-0.4, -0.2) is 24.8 Å². The first-order chi connectivity index (χ1) is 12.4. The van der Waals surface area contributed by atoms with Crippen molar-refractivity contribution < 1.29 is 13.9 Å². The molecule has 1 aliphatic heterocycles. The Morgan fingerprint density at radius 3 is 2.69 bits per heavy atom. The first kappa shape index (κ1) is 18.6. The summed E-state index contributed by atoms with van der Waals surface area (Å²) >= 11 is 3.50. The van der Waals surface area contributed by atoms with E-state index in [9.17, 15) is 0 Å². The second kappa shape index (κ2) is 7.57. The number of benzene rings is 1. The third-order valence-electron chi connectivity index (χ3n) is 3.87. The smallest absolute Gasteiger partial charge is 0.231 e. The van der Waals surface area contributed by atoms with Crippen molar-refractivity contribution in [2.75, 3.05) is 13.8 Å². The Kier molecular flexibility index (Phi) is 5.41. The van der Waals surface area contributed by atoms with Crippen LogP contribution in [0.5, 0.6) is 11.5 Å². The van der Waals surface area contributed by atoms with Gasteiger partial charge in [0.05, 0.1) is 17.2 Å². The Balaban J connectivity index is 1.56. The van der Waals surface area contributed by atoms with Crippen molar-refractivity contribution in [2.45, 2.75) is 39.3 Å². The highest BCUT2D eigenvalue weighted by Crippen LogP contribution is 2.39. The molecule has 0 atom stereocenters. The SMILES string of the molecule is CN=C(NCc1cc(Br)c2c(c1)OCO2)NCc1ncc(C(C)(C)C)o1. The van der Waals surface area contributed by atoms with Gasteiger partial charge in [-0.3, -0.25) is 4.99 Å². The summed E-state index contributed by atoms with van der Waals surface area (Å²) in [5.74, 6) is 3.64. The molecule has 1 aliphatic rings. The number of nitrogens with zero attached hydrogens (tertiary/aromatic N) is 2. The summed E-state index contributed by atoms with van der Waals surface area (Å²) in [6.07, 6.45) is 1.78. The Morgan fingerprint density at radius 1 is 1.23 bits per heavy atom. The quantitative estimate of drug-likeness (QED) is 0.580. The van der Waals surface area contributed by atoms with Crippen LogP contribution in [0, 0.1) is 0 Å². The van der Waals surface area contributed by atoms with E-state index in [1.807, 2.05) is 12.1 Å². The Labute approximate surface area is 161 Å². The molecule has 0 radical (unpaired) electrons. The summed E-state index contributed by atoms with van der Waals surface area (Å²) in [6, 6.07) is 3.95. The van der Waals surface area contributed by atoms with E-state index in [1.165, 1.54) is 0 Å². The van der Waals surface area contributed by atoms with Crippen LogP contribution in [0.3, 0.4) is 0 Å². The number of rotatable bonds is 4. The third kappa shape index (κ3) is 4.30. The largest absolute Gasteiger partial charge is 0.454 e. The van der Waals surface area contributed by atoms with Gasteiger partial charge in [-0.15, -0.1) is 0 Å². The van der Waals surface area contributed by atoms with E-state index in [-0.39, 0.29) is 12.2 Å². The van der Waals surface area contributed by atoms with E-state index < -0.39 is 0 Å². The Bertz CT molecular complexity index is 811. The molecule has 140 valence electrons. The van der Waals surface area contributed by atoms with Crippen molar-refractivity contribution in [3.63, 3.8) is 0 Å². The summed E-state index contributed by atoms with van der Waals surface area (Å²) < 4.78 is 17.5. The minimum Gasteiger partial charge on any atom is -0.454 e. The fourth-order valence-electron chi connectivity index (χ4n) is 2.43. The first-order valence-electron chi connectivity index (χ1n) is 8.34. The number of oxazole rings is 1. The molecule has 1 aromatic heterocycles. The number of hydrogen-bond donors (Lipinski definition) is 2. The minimum atomic E-state index is -0.0576. The molecule has 3 rings (SSSR count). The van der Waals surface area contributed by atoms with Gasteiger partial charge in [0.2, 0.25) is 12.7 Å². The van der Waals surface area contributed by atoms with E-state index in [4.69, 9.17) is 13.9 Å². The number of guanidine groups is 1. The molecule has 2 N–H and O–H groups in total. The monoisotopic (exact) mass is 422 g/mol. The molecule has 0 spiro atoms. The number of fused-ring (bicyclic) bond motifs is 1. The highest BCUT2D eigenvalue weighted by Gasteiger charge is 2.20. The van der Waals surface area contributed by atoms with Crippen LogP contribution in [0.15, 0.2) is 32.2 Å². The standard InChI is InChI=1S/C18H23BrN4O3/c1-18(2,3)14-8-21-15(26-14)9-23-17(20-4)22-7-11-5-12(19)16-13(6-11)24-10-25-16/h5-6,8H,7,9-10H2,1-4H3,(H2,20,22,23). The van der Waals surface area contributed by atoms with Crippen LogP contribution >= 0.6 is 15.9 Å². The molecule has 1 aromatic carbocycles. The fourth-order valence-corrected chi connectivity index (χ4v) is 3.03. The summed E-state index contributed by atoms with van der Waals surface area (Å²) in [5.41, 5.74) is 0.994. The summed E-state index contributed by atoms with van der Waals surface area (Å²) in [7, 11) is 1.72. The molecule has 0 saturated heterocycles. The number of halogens is 1. The molecule has 7 nitrogen and oxygen atoms in total. The zero-order valence-electron chi connectivity index (χ0n) is 15.4. The number of aliphatic imine (C=N–C) groups is 1. The van der Waals surface area contributed by atoms with Gasteiger partial charge >= 0.3 is 0 Å². The van der Waals surface area contributed by atoms with Gasteiger partial charge in [-0.25, -0.2) is 4.98 Å². The topological polar surface area (TPSA) is 80.9 Å². The van der Waals surface area contributed by atoms with Crippen LogP contribution in [0.2, 0.25) is 0 Å². The second-order valence-electron chi connectivity index (χ2n) is 6.96. The van der Waals surface area contributed by atoms with Gasteiger partial charge in [0.25, 0.3) is 0 Å². The molecule has 0 aliphatic carbocycles. The van der Waals surface area contributed by atoms with Crippen molar-refractivity contribution >= 4 is 21.9 Å². The molecule has 0 saturated carbocycles. The van der Waals surface area contributed by atoms with E-state index in [0.29, 0.717) is 24.9 Å². The number of ether oxygens (including phenoxy) is 2. The van der Waals surface area contributed by atoms with E-state index in [2.05, 4.69) is 57.3 Å². The van der Waals surface area contributed by atoms with Gasteiger partial charge in [0.1, 0.15) is 5.76 Å². The van der Waals surface area contributed by atoms with Gasteiger partial charge in [0, 0.05) is 19.0 Å². The van der Waals surface area contributed by atoms with Crippen molar-refractivity contribution in [1.29, 1.82) is 0 Å². The van der Waals surface area contributed by atoms with Crippen LogP contribution in [0.25, 0.3) is 0 Å². The number of nitrogens with one attached hydrogen (secondary N) is 2. The maximum absolute atomic E-state index is 5.78. The number of hydrogen-bond acceptors (Lipinski definition) is 5. The lowest BCUT2D eigenvalue weighted by Gasteiger charge is -2.13. The minimum absolute atomic E-state index is 0.0576. The van der Waals surface area contributed by atoms with Gasteiger partial charge in [0.15, 0.2) is 17.5 Å². The molecule has 8 heteroatoms. The fraction of sp³-hybridized carbons (Fsp3) is 0.444. The summed E-state index contributed by atoms with van der Waals surface area (Å²) in [4.78, 5) is 8.54. The number of aromatic nitrogens is 1. The van der Waals surface area contributed by atoms with Crippen molar-refractivity contribution in [1.82, 2.24) is 15.6 Å². The zero-order valence-corrected chi connectivity index (χ0v) is 16.9. The molecular weight excluding hydrogens is 400 g/mol. The molecule has 0 unspecified atom stereocenters. The highest BCUT2D eigenvalue weighted by atomic mass is 79.9. The summed E-state index contributed by atoms with van der Waals surface area (Å²) in [6.45, 7) is 7.58. The lowest BCUT2D eigenvalue weighted by molar-refractivity contribution is 0.173. The third-order valence-corrected chi connectivity index (χ3v) is 4.46. The van der Waals surface area contributed by atoms with E-state index >= 15 is 0 Å². The lowest BCUT2D eigenvalue weighted by Crippen LogP contribution is -2.36. The lowest BCUT2D eigenvalue weighted by atomic mass is 9.94. The molecule has 0 amide bonds. The summed E-state index contributed by atoms with van der Waals surface area (Å²) in [5, 5.41) is 6.47. The Hall–Kier alpha value is -2.22. The van der Waals surface area contributed by atoms with Crippen LogP contribution in [0.4, 0.5) is 0 Å². The molecule has 26 heavy (non-hydrogen) atoms. The van der Waals surface area contributed by atoms with Crippen LogP contribution in [-0.2, 0) is 18.5 Å². The maximum atomic E-state index is 5.78. The maximum Gasteiger partial charge on any atom is 0.231 e. The van der Waals surface area contributed by atoms with Crippen molar-refractivity contribution in [2.24, 2.45) is 4.99 Å². The van der Waals surface area contributed by atoms with Crippen molar-refractivity contribution in [3.8, 4) is 11.5 Å². The predicted octanol–water partition coefficient (Wildman–Crippen LogP) is 3.33. The highest BCUT2D eigenvalue weighted by molar-refractivity contribution is 9.10. The van der Waals surface area contributed by atoms with E-state index in [1.54, 1.807) is 13.2 Å². The van der Waals surface area contributed by atoms with Crippen molar-refractivity contribution in [3.05, 3.63) is 40.0 Å². The first-order valence-corrected chi connectivity index (χ1v) is 9.14.